The number of hydrogen-bond acceptors (Lipinski definition) is 5. The van der Waals surface area contributed by atoms with E-state index in [0.717, 1.165) is 12.5 Å². The Morgan fingerprint density at radius 2 is 2.09 bits per heavy atom. The average molecular weight is 350 g/mol. The Morgan fingerprint density at radius 1 is 1.30 bits per heavy atom. The van der Waals surface area contributed by atoms with Gasteiger partial charge in [-0.25, -0.2) is 17.9 Å². The van der Waals surface area contributed by atoms with E-state index >= 15 is 0 Å². The lowest BCUT2D eigenvalue weighted by atomic mass is 10.1. The van der Waals surface area contributed by atoms with E-state index in [1.165, 1.54) is 0 Å². The molecular formula is C14H12ClN5O2S. The van der Waals surface area contributed by atoms with Crippen LogP contribution in [-0.4, -0.2) is 35.5 Å². The lowest BCUT2D eigenvalue weighted by Crippen LogP contribution is -2.09. The van der Waals surface area contributed by atoms with Crippen LogP contribution in [0.25, 0.3) is 16.9 Å². The predicted octanol–water partition coefficient (Wildman–Crippen LogP) is 2.42. The molecule has 0 aliphatic carbocycles. The van der Waals surface area contributed by atoms with E-state index < -0.39 is 10.0 Å². The number of aromatic nitrogens is 3. The number of sulfonamides is 1. The van der Waals surface area contributed by atoms with Gasteiger partial charge in [-0.15, -0.1) is 0 Å². The second kappa shape index (κ2) is 5.64. The van der Waals surface area contributed by atoms with Crippen molar-refractivity contribution in [1.82, 2.24) is 14.6 Å². The zero-order chi connectivity index (χ0) is 16.6. The maximum absolute atomic E-state index is 11.4. The molecule has 0 atom stereocenters. The summed E-state index contributed by atoms with van der Waals surface area (Å²) < 4.78 is 26.8. The van der Waals surface area contributed by atoms with Crippen LogP contribution in [0.5, 0.6) is 0 Å². The zero-order valence-electron chi connectivity index (χ0n) is 12.0. The lowest BCUT2D eigenvalue weighted by molar-refractivity contribution is 0.607. The topological polar surface area (TPSA) is 100 Å². The fraction of sp³-hybridized carbons (Fsp3) is 0.0714. The molecule has 0 aliphatic rings. The Balaban J connectivity index is 2.13. The fourth-order valence-electron chi connectivity index (χ4n) is 2.15. The van der Waals surface area contributed by atoms with Gasteiger partial charge in [0.15, 0.2) is 5.65 Å². The minimum Gasteiger partial charge on any atom is -0.308 e. The van der Waals surface area contributed by atoms with E-state index in [1.54, 1.807) is 41.0 Å². The first-order valence-corrected chi connectivity index (χ1v) is 8.77. The lowest BCUT2D eigenvalue weighted by Gasteiger charge is -2.07. The highest BCUT2D eigenvalue weighted by Crippen LogP contribution is 2.25. The summed E-state index contributed by atoms with van der Waals surface area (Å²) in [5.74, 6) is 0. The minimum atomic E-state index is -3.41. The second-order valence-electron chi connectivity index (χ2n) is 4.95. The third-order valence-corrected chi connectivity index (χ3v) is 3.82. The molecule has 7 nitrogen and oxygen atoms in total. The Hall–Kier alpha value is -2.45. The first-order valence-electron chi connectivity index (χ1n) is 6.50. The molecule has 3 aromatic rings. The van der Waals surface area contributed by atoms with Gasteiger partial charge in [-0.1, -0.05) is 11.6 Å². The van der Waals surface area contributed by atoms with E-state index in [0.29, 0.717) is 33.3 Å². The summed E-state index contributed by atoms with van der Waals surface area (Å²) in [6.07, 6.45) is 3.90. The van der Waals surface area contributed by atoms with Gasteiger partial charge in [0.05, 0.1) is 18.1 Å². The van der Waals surface area contributed by atoms with E-state index in [1.807, 2.05) is 0 Å². The van der Waals surface area contributed by atoms with Gasteiger partial charge in [0.2, 0.25) is 10.0 Å². The number of nitrogens with one attached hydrogen (secondary N) is 2. The van der Waals surface area contributed by atoms with Gasteiger partial charge in [-0.05, 0) is 35.9 Å². The third kappa shape index (κ3) is 3.49. The van der Waals surface area contributed by atoms with Gasteiger partial charge >= 0.3 is 0 Å². The van der Waals surface area contributed by atoms with Gasteiger partial charge < -0.3 is 5.41 Å². The number of imidazole rings is 1. The smallest absolute Gasteiger partial charge is 0.229 e. The number of anilines is 1. The minimum absolute atomic E-state index is 0.342. The van der Waals surface area contributed by atoms with Crippen molar-refractivity contribution in [2.75, 3.05) is 11.0 Å². The van der Waals surface area contributed by atoms with E-state index in [4.69, 9.17) is 17.0 Å². The molecule has 0 bridgehead atoms. The molecule has 3 rings (SSSR count). The highest BCUT2D eigenvalue weighted by Gasteiger charge is 2.10. The van der Waals surface area contributed by atoms with Crippen molar-refractivity contribution >= 4 is 39.2 Å². The normalized spacial score (nSPS) is 11.6. The summed E-state index contributed by atoms with van der Waals surface area (Å²) in [6.45, 7) is 0. The molecule has 9 heteroatoms. The van der Waals surface area contributed by atoms with Crippen LogP contribution in [0.4, 0.5) is 5.69 Å². The zero-order valence-corrected chi connectivity index (χ0v) is 13.6. The number of halogens is 1. The van der Waals surface area contributed by atoms with Gasteiger partial charge in [0, 0.05) is 17.5 Å². The monoisotopic (exact) mass is 349 g/mol. The molecule has 0 saturated heterocycles. The summed E-state index contributed by atoms with van der Waals surface area (Å²) in [7, 11) is -3.41. The van der Waals surface area contributed by atoms with E-state index in [-0.39, 0.29) is 0 Å². The molecule has 0 unspecified atom stereocenters. The highest BCUT2D eigenvalue weighted by molar-refractivity contribution is 7.92. The number of nitrogens with zero attached hydrogens (tertiary/aromatic N) is 3. The quantitative estimate of drug-likeness (QED) is 0.706. The molecule has 0 aliphatic heterocycles. The first-order chi connectivity index (χ1) is 10.8. The molecule has 0 amide bonds. The van der Waals surface area contributed by atoms with Crippen LogP contribution in [0.3, 0.4) is 0 Å². The van der Waals surface area contributed by atoms with Crippen molar-refractivity contribution < 1.29 is 8.42 Å². The van der Waals surface area contributed by atoms with Crippen LogP contribution >= 0.6 is 11.6 Å². The fourth-order valence-corrected chi connectivity index (χ4v) is 2.84. The van der Waals surface area contributed by atoms with E-state index in [2.05, 4.69) is 14.8 Å². The van der Waals surface area contributed by atoms with Crippen molar-refractivity contribution in [2.45, 2.75) is 0 Å². The molecule has 0 radical (unpaired) electrons. The maximum atomic E-state index is 11.4. The summed E-state index contributed by atoms with van der Waals surface area (Å²) >= 11 is 5.85. The van der Waals surface area contributed by atoms with Gasteiger partial charge in [-0.3, -0.25) is 4.72 Å². The van der Waals surface area contributed by atoms with Crippen molar-refractivity contribution in [2.24, 2.45) is 0 Å². The van der Waals surface area contributed by atoms with Crippen LogP contribution < -0.4 is 4.72 Å². The summed E-state index contributed by atoms with van der Waals surface area (Å²) in [5, 5.41) is 11.9. The SMILES string of the molecule is CS(=O)(=O)Nc1cc(C=N)cc(-c2cn3nc(Cl)ccc3n2)c1. The van der Waals surface area contributed by atoms with E-state index in [9.17, 15) is 8.42 Å². The second-order valence-corrected chi connectivity index (χ2v) is 7.08. The molecule has 1 aromatic carbocycles. The van der Waals surface area contributed by atoms with Crippen molar-refractivity contribution in [3.63, 3.8) is 0 Å². The summed E-state index contributed by atoms with van der Waals surface area (Å²) in [5.41, 5.74) is 2.80. The molecule has 118 valence electrons. The molecule has 23 heavy (non-hydrogen) atoms. The number of fused-ring (bicyclic) bond motifs is 1. The largest absolute Gasteiger partial charge is 0.308 e. The van der Waals surface area contributed by atoms with Gasteiger partial charge in [-0.2, -0.15) is 5.10 Å². The third-order valence-electron chi connectivity index (χ3n) is 3.01. The van der Waals surface area contributed by atoms with Gasteiger partial charge in [0.1, 0.15) is 5.15 Å². The Morgan fingerprint density at radius 3 is 2.78 bits per heavy atom. The van der Waals surface area contributed by atoms with Crippen molar-refractivity contribution in [1.29, 1.82) is 5.41 Å². The molecule has 0 saturated carbocycles. The van der Waals surface area contributed by atoms with Crippen LogP contribution in [0.1, 0.15) is 5.56 Å². The molecule has 2 N–H and O–H groups in total. The Kier molecular flexibility index (Phi) is 3.78. The predicted molar refractivity (Wildman–Crippen MR) is 89.8 cm³/mol. The highest BCUT2D eigenvalue weighted by atomic mass is 35.5. The standard InChI is InChI=1S/C14H12ClN5O2S/c1-23(21,22)19-11-5-9(7-16)4-10(6-11)12-8-20-14(17-12)3-2-13(15)18-20/h2-8,16,19H,1H3. The molecule has 2 aromatic heterocycles. The molecular weight excluding hydrogens is 338 g/mol. The number of benzene rings is 1. The van der Waals surface area contributed by atoms with Crippen LogP contribution in [0.2, 0.25) is 5.15 Å². The number of rotatable bonds is 4. The van der Waals surface area contributed by atoms with Crippen molar-refractivity contribution in [3.05, 3.63) is 47.2 Å². The summed E-state index contributed by atoms with van der Waals surface area (Å²) in [6, 6.07) is 8.33. The average Bonchev–Trinajstić information content (AvgIpc) is 2.88. The molecule has 0 spiro atoms. The van der Waals surface area contributed by atoms with Crippen LogP contribution in [0.15, 0.2) is 36.5 Å². The number of hydrogen-bond donors (Lipinski definition) is 2. The maximum Gasteiger partial charge on any atom is 0.229 e. The van der Waals surface area contributed by atoms with Crippen LogP contribution in [0, 0.1) is 5.41 Å². The Bertz CT molecular complexity index is 1010. The van der Waals surface area contributed by atoms with Crippen molar-refractivity contribution in [3.8, 4) is 11.3 Å². The Labute approximate surface area is 137 Å². The van der Waals surface area contributed by atoms with Gasteiger partial charge in [0.25, 0.3) is 0 Å². The molecule has 2 heterocycles. The first kappa shape index (κ1) is 15.4. The van der Waals surface area contributed by atoms with Crippen LogP contribution in [-0.2, 0) is 10.0 Å². The molecule has 0 fully saturated rings. The summed E-state index contributed by atoms with van der Waals surface area (Å²) in [4.78, 5) is 4.43.